The first-order valence-corrected chi connectivity index (χ1v) is 7.93. The summed E-state index contributed by atoms with van der Waals surface area (Å²) in [6, 6.07) is 0. The zero-order valence-corrected chi connectivity index (χ0v) is 13.4. The standard InChI is InChI=1S/C12H21N3O5S/c1-8(2)7-15(5-6-20-4)21(18,19)11-9(3)13-14-10(11)12(16)17/h8H,5-7H2,1-4H3,(H,13,14)(H,16,17). The highest BCUT2D eigenvalue weighted by atomic mass is 32.2. The third-order valence-electron chi connectivity index (χ3n) is 2.81. The van der Waals surface area contributed by atoms with E-state index < -0.39 is 21.7 Å². The lowest BCUT2D eigenvalue weighted by atomic mass is 10.2. The van der Waals surface area contributed by atoms with Gasteiger partial charge in [-0.2, -0.15) is 9.40 Å². The number of methoxy groups -OCH3 is 1. The third kappa shape index (κ3) is 4.02. The van der Waals surface area contributed by atoms with Crippen LogP contribution in [0.15, 0.2) is 4.90 Å². The van der Waals surface area contributed by atoms with Crippen molar-refractivity contribution >= 4 is 16.0 Å². The van der Waals surface area contributed by atoms with Crippen LogP contribution in [0, 0.1) is 12.8 Å². The number of H-pyrrole nitrogens is 1. The van der Waals surface area contributed by atoms with E-state index in [9.17, 15) is 13.2 Å². The number of rotatable bonds is 8. The molecule has 0 bridgehead atoms. The average Bonchev–Trinajstić information content (AvgIpc) is 2.76. The van der Waals surface area contributed by atoms with Crippen LogP contribution in [-0.2, 0) is 14.8 Å². The Morgan fingerprint density at radius 3 is 2.57 bits per heavy atom. The van der Waals surface area contributed by atoms with E-state index in [0.717, 1.165) is 0 Å². The average molecular weight is 319 g/mol. The van der Waals surface area contributed by atoms with Gasteiger partial charge in [0.05, 0.1) is 12.3 Å². The van der Waals surface area contributed by atoms with Crippen LogP contribution in [0.3, 0.4) is 0 Å². The largest absolute Gasteiger partial charge is 0.476 e. The summed E-state index contributed by atoms with van der Waals surface area (Å²) >= 11 is 0. The van der Waals surface area contributed by atoms with Gasteiger partial charge in [0.25, 0.3) is 0 Å². The Morgan fingerprint density at radius 1 is 1.48 bits per heavy atom. The van der Waals surface area contributed by atoms with Gasteiger partial charge in [-0.15, -0.1) is 0 Å². The van der Waals surface area contributed by atoms with Gasteiger partial charge in [0, 0.05) is 20.2 Å². The molecule has 1 aromatic rings. The fraction of sp³-hybridized carbons (Fsp3) is 0.667. The minimum Gasteiger partial charge on any atom is -0.476 e. The minimum atomic E-state index is -3.95. The van der Waals surface area contributed by atoms with Crippen LogP contribution in [0.1, 0.15) is 30.0 Å². The number of aromatic amines is 1. The molecule has 0 fully saturated rings. The van der Waals surface area contributed by atoms with Crippen molar-refractivity contribution in [3.05, 3.63) is 11.4 Å². The topological polar surface area (TPSA) is 113 Å². The van der Waals surface area contributed by atoms with Gasteiger partial charge in [0.1, 0.15) is 4.90 Å². The van der Waals surface area contributed by atoms with Crippen molar-refractivity contribution in [2.24, 2.45) is 5.92 Å². The van der Waals surface area contributed by atoms with Crippen molar-refractivity contribution in [3.63, 3.8) is 0 Å². The first kappa shape index (κ1) is 17.6. The molecule has 9 heteroatoms. The van der Waals surface area contributed by atoms with E-state index in [2.05, 4.69) is 10.2 Å². The number of hydrogen-bond acceptors (Lipinski definition) is 5. The second kappa shape index (κ2) is 7.01. The number of aromatic nitrogens is 2. The smallest absolute Gasteiger partial charge is 0.357 e. The Morgan fingerprint density at radius 2 is 2.10 bits per heavy atom. The first-order chi connectivity index (χ1) is 9.71. The Balaban J connectivity index is 3.28. The zero-order valence-electron chi connectivity index (χ0n) is 12.6. The van der Waals surface area contributed by atoms with Crippen molar-refractivity contribution in [3.8, 4) is 0 Å². The van der Waals surface area contributed by atoms with Gasteiger partial charge in [-0.3, -0.25) is 5.10 Å². The molecule has 0 unspecified atom stereocenters. The molecule has 1 aromatic heterocycles. The van der Waals surface area contributed by atoms with Gasteiger partial charge < -0.3 is 9.84 Å². The number of aromatic carboxylic acids is 1. The Labute approximate surface area is 124 Å². The van der Waals surface area contributed by atoms with Crippen molar-refractivity contribution < 1.29 is 23.1 Å². The predicted octanol–water partition coefficient (Wildman–Crippen LogP) is 0.709. The normalized spacial score (nSPS) is 12.3. The van der Waals surface area contributed by atoms with Gasteiger partial charge in [0.15, 0.2) is 5.69 Å². The fourth-order valence-corrected chi connectivity index (χ4v) is 3.80. The van der Waals surface area contributed by atoms with E-state index in [1.54, 1.807) is 0 Å². The highest BCUT2D eigenvalue weighted by Gasteiger charge is 2.33. The summed E-state index contributed by atoms with van der Waals surface area (Å²) in [7, 11) is -2.47. The van der Waals surface area contributed by atoms with Crippen molar-refractivity contribution in [1.82, 2.24) is 14.5 Å². The van der Waals surface area contributed by atoms with Gasteiger partial charge in [-0.05, 0) is 12.8 Å². The summed E-state index contributed by atoms with van der Waals surface area (Å²) in [5.41, 5.74) is -0.280. The summed E-state index contributed by atoms with van der Waals surface area (Å²) in [5, 5.41) is 15.1. The second-order valence-electron chi connectivity index (χ2n) is 5.08. The summed E-state index contributed by atoms with van der Waals surface area (Å²) in [5.74, 6) is -1.29. The first-order valence-electron chi connectivity index (χ1n) is 6.49. The fourth-order valence-electron chi connectivity index (χ4n) is 1.92. The molecular weight excluding hydrogens is 298 g/mol. The zero-order chi connectivity index (χ0) is 16.2. The molecule has 21 heavy (non-hydrogen) atoms. The van der Waals surface area contributed by atoms with Crippen LogP contribution in [0.2, 0.25) is 0 Å². The number of sulfonamides is 1. The molecule has 0 aliphatic carbocycles. The molecular formula is C12H21N3O5S. The molecule has 0 amide bonds. The summed E-state index contributed by atoms with van der Waals surface area (Å²) < 4.78 is 31.6. The molecule has 0 saturated carbocycles. The highest BCUT2D eigenvalue weighted by Crippen LogP contribution is 2.23. The molecule has 2 N–H and O–H groups in total. The van der Waals surface area contributed by atoms with Crippen molar-refractivity contribution in [2.75, 3.05) is 26.8 Å². The lowest BCUT2D eigenvalue weighted by Gasteiger charge is -2.23. The molecule has 0 aromatic carbocycles. The van der Waals surface area contributed by atoms with E-state index in [4.69, 9.17) is 9.84 Å². The van der Waals surface area contributed by atoms with Crippen LogP contribution < -0.4 is 0 Å². The lowest BCUT2D eigenvalue weighted by Crippen LogP contribution is -2.37. The molecule has 1 rings (SSSR count). The van der Waals surface area contributed by atoms with E-state index in [1.165, 1.54) is 18.3 Å². The van der Waals surface area contributed by atoms with Crippen LogP contribution in [0.25, 0.3) is 0 Å². The second-order valence-corrected chi connectivity index (χ2v) is 6.96. The van der Waals surface area contributed by atoms with E-state index >= 15 is 0 Å². The SMILES string of the molecule is COCCN(CC(C)C)S(=O)(=O)c1c(C(=O)O)n[nH]c1C. The number of nitrogens with one attached hydrogen (secondary N) is 1. The molecule has 0 spiro atoms. The highest BCUT2D eigenvalue weighted by molar-refractivity contribution is 7.89. The molecule has 120 valence electrons. The summed E-state index contributed by atoms with van der Waals surface area (Å²) in [6.07, 6.45) is 0. The molecule has 0 aliphatic heterocycles. The van der Waals surface area contributed by atoms with Crippen LogP contribution in [-0.4, -0.2) is 60.8 Å². The van der Waals surface area contributed by atoms with Gasteiger partial charge >= 0.3 is 5.97 Å². The number of nitrogens with zero attached hydrogens (tertiary/aromatic N) is 2. The van der Waals surface area contributed by atoms with Crippen LogP contribution in [0.5, 0.6) is 0 Å². The summed E-state index contributed by atoms with van der Waals surface area (Å²) in [6.45, 7) is 5.91. The molecule has 0 aliphatic rings. The monoisotopic (exact) mass is 319 g/mol. The molecule has 0 radical (unpaired) electrons. The van der Waals surface area contributed by atoms with Gasteiger partial charge in [-0.25, -0.2) is 13.2 Å². The van der Waals surface area contributed by atoms with Crippen LogP contribution >= 0.6 is 0 Å². The number of carboxylic acid groups (broad SMARTS) is 1. The quantitative estimate of drug-likeness (QED) is 0.729. The summed E-state index contributed by atoms with van der Waals surface area (Å²) in [4.78, 5) is 10.9. The Hall–Kier alpha value is -1.45. The Bertz CT molecular complexity index is 594. The molecule has 8 nitrogen and oxygen atoms in total. The maximum absolute atomic E-state index is 12.7. The number of hydrogen-bond donors (Lipinski definition) is 2. The Kier molecular flexibility index (Phi) is 5.87. The van der Waals surface area contributed by atoms with E-state index in [1.807, 2.05) is 13.8 Å². The van der Waals surface area contributed by atoms with Crippen molar-refractivity contribution in [2.45, 2.75) is 25.7 Å². The number of carboxylic acids is 1. The number of carbonyl (C=O) groups is 1. The molecule has 1 heterocycles. The van der Waals surface area contributed by atoms with Gasteiger partial charge in [-0.1, -0.05) is 13.8 Å². The maximum Gasteiger partial charge on any atom is 0.357 e. The van der Waals surface area contributed by atoms with E-state index in [0.29, 0.717) is 0 Å². The number of ether oxygens (including phenoxy) is 1. The molecule has 0 saturated heterocycles. The molecule has 0 atom stereocenters. The van der Waals surface area contributed by atoms with Crippen LogP contribution in [0.4, 0.5) is 0 Å². The third-order valence-corrected chi connectivity index (χ3v) is 4.83. The van der Waals surface area contributed by atoms with Crippen molar-refractivity contribution in [1.29, 1.82) is 0 Å². The maximum atomic E-state index is 12.7. The van der Waals surface area contributed by atoms with E-state index in [-0.39, 0.29) is 36.2 Å². The minimum absolute atomic E-state index is 0.0946. The lowest BCUT2D eigenvalue weighted by molar-refractivity contribution is 0.0686. The van der Waals surface area contributed by atoms with Gasteiger partial charge in [0.2, 0.25) is 10.0 Å². The number of aryl methyl sites for hydroxylation is 1. The predicted molar refractivity (Wildman–Crippen MR) is 75.8 cm³/mol.